The van der Waals surface area contributed by atoms with Gasteiger partial charge in [0.15, 0.2) is 0 Å². The number of nitrogens with one attached hydrogen (secondary N) is 1. The smallest absolute Gasteiger partial charge is 0.408 e. The number of rotatable bonds is 4. The van der Waals surface area contributed by atoms with Crippen molar-refractivity contribution in [2.24, 2.45) is 0 Å². The molecule has 1 saturated heterocycles. The van der Waals surface area contributed by atoms with E-state index < -0.39 is 22.5 Å². The Morgan fingerprint density at radius 1 is 1.38 bits per heavy atom. The molecule has 0 saturated carbocycles. The molecule has 24 heavy (non-hydrogen) atoms. The van der Waals surface area contributed by atoms with Crippen molar-refractivity contribution in [3.8, 4) is 0 Å². The van der Waals surface area contributed by atoms with Gasteiger partial charge in [-0.25, -0.2) is 9.18 Å². The molecule has 0 unspecified atom stereocenters. The molecule has 0 radical (unpaired) electrons. The maximum atomic E-state index is 13.3. The number of carbonyl (C=O) groups excluding carboxylic acids is 2. The van der Waals surface area contributed by atoms with Crippen molar-refractivity contribution in [2.75, 3.05) is 12.9 Å². The number of hydrogen-bond acceptors (Lipinski definition) is 5. The van der Waals surface area contributed by atoms with Gasteiger partial charge in [0.05, 0.1) is 12.6 Å². The highest BCUT2D eigenvalue weighted by Gasteiger charge is 2.52. The van der Waals surface area contributed by atoms with Gasteiger partial charge in [-0.15, -0.1) is 11.8 Å². The molecular weight excluding hydrogens is 333 g/mol. The minimum atomic E-state index is -0.964. The standard InChI is InChI=1S/C17H22FNO4S/c1-16(2,3)23-15(21)19-13(11-5-7-12(18)8-6-11)17(24-4)9-10-22-14(17)20/h5-8,13H,9-10H2,1-4H3,(H,19,21)/t13-,17+/m0/s1. The zero-order chi connectivity index (χ0) is 18.0. The summed E-state index contributed by atoms with van der Waals surface area (Å²) < 4.78 is 22.7. The number of thioether (sulfide) groups is 1. The van der Waals surface area contributed by atoms with Gasteiger partial charge in [0.25, 0.3) is 0 Å². The number of cyclic esters (lactones) is 1. The van der Waals surface area contributed by atoms with E-state index in [9.17, 15) is 14.0 Å². The Hall–Kier alpha value is -1.76. The Morgan fingerprint density at radius 3 is 2.46 bits per heavy atom. The zero-order valence-corrected chi connectivity index (χ0v) is 15.0. The van der Waals surface area contributed by atoms with Crippen molar-refractivity contribution in [1.29, 1.82) is 0 Å². The third-order valence-electron chi connectivity index (χ3n) is 3.75. The van der Waals surface area contributed by atoms with Crippen LogP contribution in [0.1, 0.15) is 38.8 Å². The third kappa shape index (κ3) is 4.01. The molecule has 0 aromatic heterocycles. The molecular formula is C17H22FNO4S. The maximum Gasteiger partial charge on any atom is 0.408 e. The number of alkyl carbamates (subject to hydrolysis) is 1. The van der Waals surface area contributed by atoms with E-state index in [1.165, 1.54) is 23.9 Å². The molecule has 1 aliphatic rings. The van der Waals surface area contributed by atoms with Crippen LogP contribution < -0.4 is 5.32 Å². The number of halogens is 1. The van der Waals surface area contributed by atoms with E-state index in [0.29, 0.717) is 12.0 Å². The van der Waals surface area contributed by atoms with Crippen LogP contribution in [0.3, 0.4) is 0 Å². The SMILES string of the molecule is CS[C@@]1([C@@H](NC(=O)OC(C)(C)C)c2ccc(F)cc2)CCOC1=O. The van der Waals surface area contributed by atoms with Crippen LogP contribution in [-0.4, -0.2) is 35.3 Å². The Labute approximate surface area is 145 Å². The Morgan fingerprint density at radius 2 is 2.00 bits per heavy atom. The van der Waals surface area contributed by atoms with Gasteiger partial charge in [-0.2, -0.15) is 0 Å². The second-order valence-electron chi connectivity index (χ2n) is 6.61. The molecule has 1 heterocycles. The molecule has 2 rings (SSSR count). The summed E-state index contributed by atoms with van der Waals surface area (Å²) in [6.07, 6.45) is 1.61. The number of esters is 1. The van der Waals surface area contributed by atoms with E-state index in [0.717, 1.165) is 0 Å². The lowest BCUT2D eigenvalue weighted by Crippen LogP contribution is -2.48. The molecule has 0 aliphatic carbocycles. The zero-order valence-electron chi connectivity index (χ0n) is 14.2. The van der Waals surface area contributed by atoms with Crippen molar-refractivity contribution >= 4 is 23.8 Å². The first-order valence-corrected chi connectivity index (χ1v) is 8.88. The fourth-order valence-corrected chi connectivity index (χ4v) is 3.58. The van der Waals surface area contributed by atoms with Crippen molar-refractivity contribution in [1.82, 2.24) is 5.32 Å². The first-order chi connectivity index (χ1) is 11.2. The quantitative estimate of drug-likeness (QED) is 0.838. The van der Waals surface area contributed by atoms with Crippen LogP contribution in [0.5, 0.6) is 0 Å². The largest absolute Gasteiger partial charge is 0.465 e. The molecule has 132 valence electrons. The summed E-state index contributed by atoms with van der Waals surface area (Å²) in [5, 5.41) is 2.77. The summed E-state index contributed by atoms with van der Waals surface area (Å²) in [7, 11) is 0. The minimum absolute atomic E-state index is 0.285. The van der Waals surface area contributed by atoms with E-state index in [1.54, 1.807) is 39.2 Å². The van der Waals surface area contributed by atoms with Crippen LogP contribution in [0, 0.1) is 5.82 Å². The Kier molecular flexibility index (Phi) is 5.42. The number of amides is 1. The summed E-state index contributed by atoms with van der Waals surface area (Å²) in [6.45, 7) is 5.56. The summed E-state index contributed by atoms with van der Waals surface area (Å²) >= 11 is 1.32. The van der Waals surface area contributed by atoms with Gasteiger partial charge in [-0.05, 0) is 44.7 Å². The number of benzene rings is 1. The lowest BCUT2D eigenvalue weighted by Gasteiger charge is -2.34. The third-order valence-corrected chi connectivity index (χ3v) is 5.08. The highest BCUT2D eigenvalue weighted by molar-refractivity contribution is 8.00. The van der Waals surface area contributed by atoms with E-state index in [1.807, 2.05) is 0 Å². The van der Waals surface area contributed by atoms with Gasteiger partial charge in [-0.3, -0.25) is 4.79 Å². The first kappa shape index (κ1) is 18.6. The molecule has 0 spiro atoms. The monoisotopic (exact) mass is 355 g/mol. The molecule has 1 aliphatic heterocycles. The maximum absolute atomic E-state index is 13.3. The Balaban J connectivity index is 2.36. The van der Waals surface area contributed by atoms with E-state index in [-0.39, 0.29) is 18.4 Å². The van der Waals surface area contributed by atoms with E-state index in [4.69, 9.17) is 9.47 Å². The Bertz CT molecular complexity index is 614. The van der Waals surface area contributed by atoms with Crippen molar-refractivity contribution in [2.45, 2.75) is 43.6 Å². The molecule has 1 aromatic rings. The number of carbonyl (C=O) groups is 2. The predicted molar refractivity (Wildman–Crippen MR) is 90.3 cm³/mol. The van der Waals surface area contributed by atoms with E-state index >= 15 is 0 Å². The molecule has 1 amide bonds. The van der Waals surface area contributed by atoms with Gasteiger partial charge in [0.2, 0.25) is 0 Å². The summed E-state index contributed by atoms with van der Waals surface area (Å²) in [5.74, 6) is -0.776. The topological polar surface area (TPSA) is 64.6 Å². The highest BCUT2D eigenvalue weighted by Crippen LogP contribution is 2.44. The second-order valence-corrected chi connectivity index (χ2v) is 7.75. The molecule has 1 fully saturated rings. The van der Waals surface area contributed by atoms with Gasteiger partial charge in [0, 0.05) is 6.42 Å². The molecule has 5 nitrogen and oxygen atoms in total. The molecule has 1 aromatic carbocycles. The van der Waals surface area contributed by atoms with Crippen LogP contribution in [0.2, 0.25) is 0 Å². The summed E-state index contributed by atoms with van der Waals surface area (Å²) in [4.78, 5) is 24.6. The van der Waals surface area contributed by atoms with Crippen LogP contribution in [0.15, 0.2) is 24.3 Å². The molecule has 1 N–H and O–H groups in total. The van der Waals surface area contributed by atoms with Crippen LogP contribution in [0.4, 0.5) is 9.18 Å². The predicted octanol–water partition coefficient (Wildman–Crippen LogP) is 3.44. The van der Waals surface area contributed by atoms with Crippen molar-refractivity contribution < 1.29 is 23.5 Å². The van der Waals surface area contributed by atoms with Gasteiger partial charge in [0.1, 0.15) is 16.2 Å². The first-order valence-electron chi connectivity index (χ1n) is 7.65. The fourth-order valence-electron chi connectivity index (χ4n) is 2.63. The number of ether oxygens (including phenoxy) is 2. The van der Waals surface area contributed by atoms with Crippen LogP contribution >= 0.6 is 11.8 Å². The molecule has 0 bridgehead atoms. The highest BCUT2D eigenvalue weighted by atomic mass is 32.2. The van der Waals surface area contributed by atoms with Gasteiger partial charge >= 0.3 is 12.1 Å². The van der Waals surface area contributed by atoms with Crippen molar-refractivity contribution in [3.05, 3.63) is 35.6 Å². The van der Waals surface area contributed by atoms with Crippen LogP contribution in [-0.2, 0) is 14.3 Å². The van der Waals surface area contributed by atoms with Gasteiger partial charge < -0.3 is 14.8 Å². The summed E-state index contributed by atoms with van der Waals surface area (Å²) in [6, 6.07) is 5.03. The lowest BCUT2D eigenvalue weighted by atomic mass is 9.90. The van der Waals surface area contributed by atoms with E-state index in [2.05, 4.69) is 5.32 Å². The minimum Gasteiger partial charge on any atom is -0.465 e. The fraction of sp³-hybridized carbons (Fsp3) is 0.529. The summed E-state index contributed by atoms with van der Waals surface area (Å²) in [5.41, 5.74) is -0.0457. The molecule has 7 heteroatoms. The van der Waals surface area contributed by atoms with Crippen molar-refractivity contribution in [3.63, 3.8) is 0 Å². The number of hydrogen-bond donors (Lipinski definition) is 1. The lowest BCUT2D eigenvalue weighted by molar-refractivity contribution is -0.140. The normalized spacial score (nSPS) is 22.0. The second kappa shape index (κ2) is 7.01. The van der Waals surface area contributed by atoms with Gasteiger partial charge in [-0.1, -0.05) is 12.1 Å². The average Bonchev–Trinajstić information content (AvgIpc) is 2.86. The van der Waals surface area contributed by atoms with Crippen LogP contribution in [0.25, 0.3) is 0 Å². The average molecular weight is 355 g/mol. The molecule has 2 atom stereocenters.